The number of ether oxygens (including phenoxy) is 1. The van der Waals surface area contributed by atoms with E-state index in [1.54, 1.807) is 13.0 Å². The number of ketones is 1. The molecule has 1 aromatic rings. The molecule has 0 spiro atoms. The van der Waals surface area contributed by atoms with E-state index < -0.39 is 0 Å². The van der Waals surface area contributed by atoms with Gasteiger partial charge in [0.2, 0.25) is 0 Å². The molecule has 98 valence electrons. The van der Waals surface area contributed by atoms with Gasteiger partial charge < -0.3 is 4.74 Å². The van der Waals surface area contributed by atoms with Crippen molar-refractivity contribution in [3.63, 3.8) is 0 Å². The summed E-state index contributed by atoms with van der Waals surface area (Å²) in [5.74, 6) is -0.334. The monoisotopic (exact) mass is 250 g/mol. The largest absolute Gasteiger partial charge is 0.378 e. The molecular formula is C15H19FO2. The molecule has 1 atom stereocenters. The van der Waals surface area contributed by atoms with Crippen molar-refractivity contribution in [2.24, 2.45) is 0 Å². The Morgan fingerprint density at radius 2 is 2.22 bits per heavy atom. The van der Waals surface area contributed by atoms with Gasteiger partial charge in [-0.25, -0.2) is 4.39 Å². The van der Waals surface area contributed by atoms with Crippen molar-refractivity contribution >= 4 is 5.78 Å². The molecule has 0 amide bonds. The van der Waals surface area contributed by atoms with Crippen LogP contribution in [0.25, 0.3) is 0 Å². The van der Waals surface area contributed by atoms with Gasteiger partial charge >= 0.3 is 0 Å². The molecule has 0 bridgehead atoms. The third-order valence-corrected chi connectivity index (χ3v) is 3.33. The van der Waals surface area contributed by atoms with Crippen LogP contribution in [0, 0.1) is 12.7 Å². The highest BCUT2D eigenvalue weighted by Gasteiger charge is 2.16. The van der Waals surface area contributed by atoms with Crippen LogP contribution in [0.5, 0.6) is 0 Å². The SMILES string of the molecule is Cc1cc(F)cc(C(=O)CCC2CCCCO2)c1. The minimum Gasteiger partial charge on any atom is -0.378 e. The van der Waals surface area contributed by atoms with Crippen molar-refractivity contribution in [3.05, 3.63) is 35.1 Å². The van der Waals surface area contributed by atoms with Crippen LogP contribution in [0.1, 0.15) is 48.0 Å². The van der Waals surface area contributed by atoms with Crippen LogP contribution >= 0.6 is 0 Å². The second-order valence-corrected chi connectivity index (χ2v) is 4.97. The van der Waals surface area contributed by atoms with Gasteiger partial charge in [-0.15, -0.1) is 0 Å². The normalized spacial score (nSPS) is 19.8. The van der Waals surface area contributed by atoms with Crippen molar-refractivity contribution in [2.45, 2.75) is 45.1 Å². The molecule has 0 radical (unpaired) electrons. The van der Waals surface area contributed by atoms with E-state index in [9.17, 15) is 9.18 Å². The first-order valence-corrected chi connectivity index (χ1v) is 6.57. The van der Waals surface area contributed by atoms with Gasteiger partial charge in [0.05, 0.1) is 6.10 Å². The quantitative estimate of drug-likeness (QED) is 0.762. The highest BCUT2D eigenvalue weighted by molar-refractivity contribution is 5.96. The first-order chi connectivity index (χ1) is 8.65. The van der Waals surface area contributed by atoms with Gasteiger partial charge in [-0.1, -0.05) is 0 Å². The maximum absolute atomic E-state index is 13.2. The zero-order chi connectivity index (χ0) is 13.0. The third-order valence-electron chi connectivity index (χ3n) is 3.33. The summed E-state index contributed by atoms with van der Waals surface area (Å²) in [5, 5.41) is 0. The molecule has 1 heterocycles. The predicted octanol–water partition coefficient (Wildman–Crippen LogP) is 3.67. The second-order valence-electron chi connectivity index (χ2n) is 4.97. The lowest BCUT2D eigenvalue weighted by atomic mass is 9.99. The number of halogens is 1. The molecule has 2 nitrogen and oxygen atoms in total. The van der Waals surface area contributed by atoms with Crippen molar-refractivity contribution in [2.75, 3.05) is 6.61 Å². The number of hydrogen-bond donors (Lipinski definition) is 0. The second kappa shape index (κ2) is 6.10. The lowest BCUT2D eigenvalue weighted by Gasteiger charge is -2.22. The molecule has 1 unspecified atom stereocenters. The lowest BCUT2D eigenvalue weighted by molar-refractivity contribution is 0.0104. The standard InChI is InChI=1S/C15H19FO2/c1-11-8-12(10-13(16)9-11)15(17)6-5-14-4-2-3-7-18-14/h8-10,14H,2-7H2,1H3. The average molecular weight is 250 g/mol. The molecule has 0 saturated carbocycles. The van der Waals surface area contributed by atoms with Crippen LogP contribution in [0.4, 0.5) is 4.39 Å². The fourth-order valence-electron chi connectivity index (χ4n) is 2.37. The molecule has 1 saturated heterocycles. The van der Waals surface area contributed by atoms with E-state index in [0.29, 0.717) is 12.0 Å². The van der Waals surface area contributed by atoms with Crippen LogP contribution in [-0.2, 0) is 4.74 Å². The van der Waals surface area contributed by atoms with Crippen LogP contribution < -0.4 is 0 Å². The van der Waals surface area contributed by atoms with Gasteiger partial charge in [-0.2, -0.15) is 0 Å². The summed E-state index contributed by atoms with van der Waals surface area (Å²) >= 11 is 0. The van der Waals surface area contributed by atoms with Gasteiger partial charge in [0, 0.05) is 18.6 Å². The van der Waals surface area contributed by atoms with Crippen molar-refractivity contribution in [1.29, 1.82) is 0 Å². The Morgan fingerprint density at radius 1 is 1.39 bits per heavy atom. The molecule has 1 aliphatic heterocycles. The number of hydrogen-bond acceptors (Lipinski definition) is 2. The van der Waals surface area contributed by atoms with Crippen molar-refractivity contribution < 1.29 is 13.9 Å². The Kier molecular flexibility index (Phi) is 4.48. The van der Waals surface area contributed by atoms with Crippen molar-refractivity contribution in [3.8, 4) is 0 Å². The zero-order valence-corrected chi connectivity index (χ0v) is 10.7. The molecule has 1 fully saturated rings. The number of Topliss-reactive ketones (excluding diaryl/α,β-unsaturated/α-hetero) is 1. The summed E-state index contributed by atoms with van der Waals surface area (Å²) in [6.07, 6.45) is 4.72. The molecule has 1 aliphatic rings. The van der Waals surface area contributed by atoms with Crippen molar-refractivity contribution in [1.82, 2.24) is 0 Å². The Morgan fingerprint density at radius 3 is 2.89 bits per heavy atom. The minimum atomic E-state index is -0.340. The number of benzene rings is 1. The predicted molar refractivity (Wildman–Crippen MR) is 68.3 cm³/mol. The van der Waals surface area contributed by atoms with E-state index in [0.717, 1.165) is 31.4 Å². The molecule has 3 heteroatoms. The highest BCUT2D eigenvalue weighted by atomic mass is 19.1. The summed E-state index contributed by atoms with van der Waals surface area (Å²) < 4.78 is 18.8. The van der Waals surface area contributed by atoms with Crippen LogP contribution in [0.2, 0.25) is 0 Å². The molecule has 0 N–H and O–H groups in total. The number of rotatable bonds is 4. The van der Waals surface area contributed by atoms with E-state index in [1.165, 1.54) is 18.6 Å². The van der Waals surface area contributed by atoms with E-state index in [-0.39, 0.29) is 17.7 Å². The number of carbonyl (C=O) groups is 1. The third kappa shape index (κ3) is 3.64. The summed E-state index contributed by atoms with van der Waals surface area (Å²) in [6, 6.07) is 4.49. The van der Waals surface area contributed by atoms with Gasteiger partial charge in [-0.05, 0) is 56.4 Å². The molecule has 18 heavy (non-hydrogen) atoms. The maximum atomic E-state index is 13.2. The van der Waals surface area contributed by atoms with Gasteiger partial charge in [0.1, 0.15) is 5.82 Å². The van der Waals surface area contributed by atoms with E-state index in [2.05, 4.69) is 0 Å². The number of aryl methyl sites for hydroxylation is 1. The molecule has 0 aromatic heterocycles. The molecule has 0 aliphatic carbocycles. The zero-order valence-electron chi connectivity index (χ0n) is 10.7. The maximum Gasteiger partial charge on any atom is 0.163 e. The fraction of sp³-hybridized carbons (Fsp3) is 0.533. The Bertz CT molecular complexity index is 402. The van der Waals surface area contributed by atoms with E-state index >= 15 is 0 Å². The summed E-state index contributed by atoms with van der Waals surface area (Å²) in [4.78, 5) is 12.0. The van der Waals surface area contributed by atoms with E-state index in [1.807, 2.05) is 0 Å². The minimum absolute atomic E-state index is 0.00627. The van der Waals surface area contributed by atoms with Gasteiger partial charge in [-0.3, -0.25) is 4.79 Å². The molecule has 2 rings (SSSR count). The molecule has 1 aromatic carbocycles. The molecular weight excluding hydrogens is 231 g/mol. The van der Waals surface area contributed by atoms with Crippen LogP contribution in [-0.4, -0.2) is 18.5 Å². The first kappa shape index (κ1) is 13.2. The Labute approximate surface area is 107 Å². The number of carbonyl (C=O) groups excluding carboxylic acids is 1. The summed E-state index contributed by atoms with van der Waals surface area (Å²) in [5.41, 5.74) is 1.26. The van der Waals surface area contributed by atoms with Crippen LogP contribution in [0.15, 0.2) is 18.2 Å². The Balaban J connectivity index is 1.90. The van der Waals surface area contributed by atoms with Gasteiger partial charge in [0.15, 0.2) is 5.78 Å². The highest BCUT2D eigenvalue weighted by Crippen LogP contribution is 2.19. The topological polar surface area (TPSA) is 26.3 Å². The average Bonchev–Trinajstić information content (AvgIpc) is 2.36. The lowest BCUT2D eigenvalue weighted by Crippen LogP contribution is -2.20. The first-order valence-electron chi connectivity index (χ1n) is 6.57. The van der Waals surface area contributed by atoms with E-state index in [4.69, 9.17) is 4.74 Å². The summed E-state index contributed by atoms with van der Waals surface area (Å²) in [7, 11) is 0. The van der Waals surface area contributed by atoms with Crippen LogP contribution in [0.3, 0.4) is 0 Å². The smallest absolute Gasteiger partial charge is 0.163 e. The fourth-order valence-corrected chi connectivity index (χ4v) is 2.37. The Hall–Kier alpha value is -1.22. The summed E-state index contributed by atoms with van der Waals surface area (Å²) in [6.45, 7) is 2.60. The van der Waals surface area contributed by atoms with Gasteiger partial charge in [0.25, 0.3) is 0 Å².